The fourth-order valence-electron chi connectivity index (χ4n) is 1.66. The van der Waals surface area contributed by atoms with E-state index in [9.17, 15) is 4.79 Å². The molecule has 0 aliphatic rings. The first-order valence-electron chi connectivity index (χ1n) is 5.06. The number of benzene rings is 1. The number of rotatable bonds is 1. The highest BCUT2D eigenvalue weighted by Gasteiger charge is 2.13. The normalized spacial score (nSPS) is 10.9. The van der Waals surface area contributed by atoms with Gasteiger partial charge in [-0.2, -0.15) is 5.10 Å². The van der Waals surface area contributed by atoms with Crippen molar-refractivity contribution >= 4 is 38.3 Å². The molecule has 0 amide bonds. The lowest BCUT2D eigenvalue weighted by Crippen LogP contribution is -2.09. The third-order valence-electron chi connectivity index (χ3n) is 2.46. The minimum Gasteiger partial charge on any atom is -0.375 e. The van der Waals surface area contributed by atoms with Gasteiger partial charge in [0.1, 0.15) is 5.69 Å². The smallest absolute Gasteiger partial charge is 0.291 e. The van der Waals surface area contributed by atoms with Gasteiger partial charge in [0.15, 0.2) is 10.6 Å². The zero-order chi connectivity index (χ0) is 12.7. The van der Waals surface area contributed by atoms with E-state index in [2.05, 4.69) is 15.2 Å². The number of aromatic amines is 1. The van der Waals surface area contributed by atoms with Gasteiger partial charge in [-0.25, -0.2) is 10.1 Å². The summed E-state index contributed by atoms with van der Waals surface area (Å²) < 4.78 is 0.679. The van der Waals surface area contributed by atoms with Gasteiger partial charge >= 0.3 is 0 Å². The summed E-state index contributed by atoms with van der Waals surface area (Å²) in [5.74, 6) is 0. The van der Waals surface area contributed by atoms with Gasteiger partial charge in [-0.05, 0) is 12.1 Å². The van der Waals surface area contributed by atoms with E-state index < -0.39 is 0 Å². The van der Waals surface area contributed by atoms with Crippen LogP contribution >= 0.6 is 22.9 Å². The van der Waals surface area contributed by atoms with Gasteiger partial charge < -0.3 is 5.73 Å². The summed E-state index contributed by atoms with van der Waals surface area (Å²) >= 11 is 7.08. The van der Waals surface area contributed by atoms with E-state index in [4.69, 9.17) is 17.3 Å². The molecule has 3 N–H and O–H groups in total. The lowest BCUT2D eigenvalue weighted by molar-refractivity contribution is 1.01. The summed E-state index contributed by atoms with van der Waals surface area (Å²) in [6.45, 7) is 0. The molecule has 2 heterocycles. The Morgan fingerprint density at radius 3 is 2.72 bits per heavy atom. The Morgan fingerprint density at radius 2 is 2.00 bits per heavy atom. The van der Waals surface area contributed by atoms with E-state index in [0.717, 1.165) is 5.56 Å². The summed E-state index contributed by atoms with van der Waals surface area (Å²) in [6.07, 6.45) is 0. The van der Waals surface area contributed by atoms with Crippen LogP contribution in [0.4, 0.5) is 5.13 Å². The molecule has 0 unspecified atom stereocenters. The van der Waals surface area contributed by atoms with Crippen LogP contribution in [0.3, 0.4) is 0 Å². The van der Waals surface area contributed by atoms with Gasteiger partial charge in [-0.15, -0.1) is 0 Å². The number of thiazole rings is 1. The van der Waals surface area contributed by atoms with E-state index in [1.54, 1.807) is 12.1 Å². The first kappa shape index (κ1) is 11.2. The van der Waals surface area contributed by atoms with E-state index in [1.807, 2.05) is 12.1 Å². The van der Waals surface area contributed by atoms with Crippen molar-refractivity contribution in [3.05, 3.63) is 39.6 Å². The molecule has 0 spiro atoms. The van der Waals surface area contributed by atoms with E-state index >= 15 is 0 Å². The molecular weight excluding hydrogens is 272 g/mol. The summed E-state index contributed by atoms with van der Waals surface area (Å²) in [7, 11) is 0. The Morgan fingerprint density at radius 1 is 1.28 bits per heavy atom. The first-order chi connectivity index (χ1) is 8.65. The number of nitrogens with zero attached hydrogens (tertiary/aromatic N) is 2. The van der Waals surface area contributed by atoms with E-state index in [-0.39, 0.29) is 5.56 Å². The van der Waals surface area contributed by atoms with Gasteiger partial charge in [0.05, 0.1) is 4.70 Å². The van der Waals surface area contributed by atoms with Crippen molar-refractivity contribution in [1.29, 1.82) is 0 Å². The van der Waals surface area contributed by atoms with Gasteiger partial charge in [0.2, 0.25) is 0 Å². The summed E-state index contributed by atoms with van der Waals surface area (Å²) in [5.41, 5.74) is 7.12. The van der Waals surface area contributed by atoms with Gasteiger partial charge in [0.25, 0.3) is 5.56 Å². The second-order valence-electron chi connectivity index (χ2n) is 3.64. The lowest BCUT2D eigenvalue weighted by atomic mass is 10.1. The summed E-state index contributed by atoms with van der Waals surface area (Å²) in [4.78, 5) is 15.6. The average molecular weight is 279 g/mol. The minimum atomic E-state index is -0.337. The summed E-state index contributed by atoms with van der Waals surface area (Å²) in [6, 6.07) is 7.19. The van der Waals surface area contributed by atoms with E-state index in [1.165, 1.54) is 11.3 Å². The number of nitrogen functional groups attached to an aromatic ring is 1. The standard InChI is InChI=1S/C11H7ClN4OS/c12-6-3-1-5(2-4-6)7-9-8(10(17)16-15-7)14-11(13)18-9/h1-4H,(H2,13,14)(H,16,17). The molecule has 0 aliphatic heterocycles. The highest BCUT2D eigenvalue weighted by Crippen LogP contribution is 2.30. The van der Waals surface area contributed by atoms with E-state index in [0.29, 0.717) is 26.1 Å². The first-order valence-corrected chi connectivity index (χ1v) is 6.25. The van der Waals surface area contributed by atoms with Gasteiger partial charge in [0, 0.05) is 10.6 Å². The summed E-state index contributed by atoms with van der Waals surface area (Å²) in [5, 5.41) is 7.46. The van der Waals surface area contributed by atoms with Crippen molar-refractivity contribution in [2.75, 3.05) is 5.73 Å². The highest BCUT2D eigenvalue weighted by atomic mass is 35.5. The molecule has 3 aromatic rings. The zero-order valence-electron chi connectivity index (χ0n) is 8.98. The number of halogens is 1. The van der Waals surface area contributed by atoms with Crippen LogP contribution in [0.5, 0.6) is 0 Å². The van der Waals surface area contributed by atoms with Crippen molar-refractivity contribution in [3.63, 3.8) is 0 Å². The van der Waals surface area contributed by atoms with Gasteiger partial charge in [-0.3, -0.25) is 4.79 Å². The van der Waals surface area contributed by atoms with Crippen LogP contribution in [-0.4, -0.2) is 15.2 Å². The van der Waals surface area contributed by atoms with Gasteiger partial charge in [-0.1, -0.05) is 35.1 Å². The predicted octanol–water partition coefficient (Wildman–Crippen LogP) is 2.28. The molecule has 0 fully saturated rings. The number of nitrogens with one attached hydrogen (secondary N) is 1. The molecule has 1 aromatic carbocycles. The predicted molar refractivity (Wildman–Crippen MR) is 72.9 cm³/mol. The molecule has 0 aliphatic carbocycles. The fraction of sp³-hybridized carbons (Fsp3) is 0. The Kier molecular flexibility index (Phi) is 2.53. The number of H-pyrrole nitrogens is 1. The molecule has 0 radical (unpaired) electrons. The van der Waals surface area contributed by atoms with Crippen molar-refractivity contribution < 1.29 is 0 Å². The Hall–Kier alpha value is -1.92. The SMILES string of the molecule is Nc1nc2c(=O)[nH]nc(-c3ccc(Cl)cc3)c2s1. The number of fused-ring (bicyclic) bond motifs is 1. The molecule has 0 bridgehead atoms. The molecule has 0 saturated heterocycles. The molecule has 3 rings (SSSR count). The lowest BCUT2D eigenvalue weighted by Gasteiger charge is -2.00. The van der Waals surface area contributed by atoms with Crippen molar-refractivity contribution in [2.45, 2.75) is 0 Å². The molecular formula is C11H7ClN4OS. The minimum absolute atomic E-state index is 0.317. The van der Waals surface area contributed by atoms with Crippen LogP contribution in [0.15, 0.2) is 29.1 Å². The number of hydrogen-bond donors (Lipinski definition) is 2. The molecule has 2 aromatic heterocycles. The van der Waals surface area contributed by atoms with Crippen molar-refractivity contribution in [2.24, 2.45) is 0 Å². The maximum absolute atomic E-state index is 11.6. The highest BCUT2D eigenvalue weighted by molar-refractivity contribution is 7.22. The number of nitrogens with two attached hydrogens (primary N) is 1. The maximum atomic E-state index is 11.6. The Bertz CT molecular complexity index is 778. The Balaban J connectivity index is 2.32. The number of aromatic nitrogens is 3. The average Bonchev–Trinajstić information content (AvgIpc) is 2.74. The van der Waals surface area contributed by atoms with Crippen molar-refractivity contribution in [3.8, 4) is 11.3 Å². The monoisotopic (exact) mass is 278 g/mol. The largest absolute Gasteiger partial charge is 0.375 e. The maximum Gasteiger partial charge on any atom is 0.291 e. The molecule has 0 atom stereocenters. The zero-order valence-corrected chi connectivity index (χ0v) is 10.5. The van der Waals surface area contributed by atoms with Crippen LogP contribution in [0, 0.1) is 0 Å². The topological polar surface area (TPSA) is 84.7 Å². The van der Waals surface area contributed by atoms with Crippen LogP contribution in [0.2, 0.25) is 5.02 Å². The molecule has 18 heavy (non-hydrogen) atoms. The second-order valence-corrected chi connectivity index (χ2v) is 5.11. The van der Waals surface area contributed by atoms with Crippen LogP contribution < -0.4 is 11.3 Å². The fourth-order valence-corrected chi connectivity index (χ4v) is 2.63. The van der Waals surface area contributed by atoms with Crippen molar-refractivity contribution in [1.82, 2.24) is 15.2 Å². The third kappa shape index (κ3) is 1.75. The molecule has 90 valence electrons. The second kappa shape index (κ2) is 4.08. The quantitative estimate of drug-likeness (QED) is 0.715. The van der Waals surface area contributed by atoms with Crippen LogP contribution in [0.25, 0.3) is 21.5 Å². The Labute approximate surface area is 110 Å². The van der Waals surface area contributed by atoms with Crippen LogP contribution in [0.1, 0.15) is 0 Å². The van der Waals surface area contributed by atoms with Crippen LogP contribution in [-0.2, 0) is 0 Å². The third-order valence-corrected chi connectivity index (χ3v) is 3.60. The number of anilines is 1. The molecule has 0 saturated carbocycles. The number of hydrogen-bond acceptors (Lipinski definition) is 5. The molecule has 5 nitrogen and oxygen atoms in total. The molecule has 7 heteroatoms.